The van der Waals surface area contributed by atoms with Gasteiger partial charge in [-0.2, -0.15) is 0 Å². The highest BCUT2D eigenvalue weighted by atomic mass is 35.5. The summed E-state index contributed by atoms with van der Waals surface area (Å²) in [7, 11) is 0. The minimum absolute atomic E-state index is 0. The van der Waals surface area contributed by atoms with E-state index in [1.165, 1.54) is 0 Å². The lowest BCUT2D eigenvalue weighted by Crippen LogP contribution is -2.32. The fourth-order valence-corrected chi connectivity index (χ4v) is 2.50. The molecule has 112 valence electrons. The zero-order chi connectivity index (χ0) is 13.8. The molecule has 2 unspecified atom stereocenters. The van der Waals surface area contributed by atoms with Gasteiger partial charge in [-0.1, -0.05) is 23.7 Å². The first-order valence-corrected chi connectivity index (χ1v) is 6.92. The Labute approximate surface area is 130 Å². The van der Waals surface area contributed by atoms with E-state index in [1.54, 1.807) is 6.07 Å². The molecule has 0 fully saturated rings. The van der Waals surface area contributed by atoms with Crippen LogP contribution in [0.4, 0.5) is 0 Å². The molecule has 3 N–H and O–H groups in total. The maximum Gasteiger partial charge on any atom is 0.222 e. The lowest BCUT2D eigenvalue weighted by atomic mass is 10.0. The van der Waals surface area contributed by atoms with E-state index in [-0.39, 0.29) is 30.4 Å². The number of amides is 1. The number of hydrogen-bond donors (Lipinski definition) is 2. The number of carbonyl (C=O) groups excluding carboxylic acids is 1. The Hall–Kier alpha value is -0.970. The second-order valence-electron chi connectivity index (χ2n) is 4.95. The van der Waals surface area contributed by atoms with Gasteiger partial charge in [0, 0.05) is 18.0 Å². The van der Waals surface area contributed by atoms with Crippen molar-refractivity contribution in [2.75, 3.05) is 6.61 Å². The number of benzene rings is 1. The third-order valence-corrected chi connectivity index (χ3v) is 3.40. The van der Waals surface area contributed by atoms with E-state index in [2.05, 4.69) is 5.32 Å². The third kappa shape index (κ3) is 4.27. The molecule has 1 aromatic carbocycles. The summed E-state index contributed by atoms with van der Waals surface area (Å²) in [6.45, 7) is 2.44. The Morgan fingerprint density at radius 3 is 3.05 bits per heavy atom. The van der Waals surface area contributed by atoms with Crippen molar-refractivity contribution in [1.29, 1.82) is 0 Å². The summed E-state index contributed by atoms with van der Waals surface area (Å²) in [6, 6.07) is 5.43. The summed E-state index contributed by atoms with van der Waals surface area (Å²) in [5.41, 5.74) is 6.59. The molecule has 0 radical (unpaired) electrons. The van der Waals surface area contributed by atoms with E-state index >= 15 is 0 Å². The van der Waals surface area contributed by atoms with Gasteiger partial charge in [0.25, 0.3) is 0 Å². The van der Waals surface area contributed by atoms with Gasteiger partial charge in [-0.05, 0) is 25.8 Å². The minimum Gasteiger partial charge on any atom is -0.492 e. The molecule has 6 heteroatoms. The SMILES string of the molecule is CC(N)CC(=O)NC1CCCOc2c(Cl)cccc21.Cl. The average molecular weight is 319 g/mol. The molecule has 0 saturated carbocycles. The molecule has 0 aromatic heterocycles. The van der Waals surface area contributed by atoms with E-state index in [1.807, 2.05) is 19.1 Å². The monoisotopic (exact) mass is 318 g/mol. The van der Waals surface area contributed by atoms with Crippen LogP contribution in [-0.4, -0.2) is 18.6 Å². The van der Waals surface area contributed by atoms with Crippen molar-refractivity contribution in [3.05, 3.63) is 28.8 Å². The van der Waals surface area contributed by atoms with Crippen LogP contribution < -0.4 is 15.8 Å². The number of halogens is 2. The van der Waals surface area contributed by atoms with Crippen molar-refractivity contribution in [3.63, 3.8) is 0 Å². The van der Waals surface area contributed by atoms with Gasteiger partial charge in [0.15, 0.2) is 0 Å². The van der Waals surface area contributed by atoms with Crippen LogP contribution in [-0.2, 0) is 4.79 Å². The average Bonchev–Trinajstić information content (AvgIpc) is 2.52. The van der Waals surface area contributed by atoms with Crippen LogP contribution >= 0.6 is 24.0 Å². The molecule has 0 spiro atoms. The third-order valence-electron chi connectivity index (χ3n) is 3.10. The summed E-state index contributed by atoms with van der Waals surface area (Å²) < 4.78 is 5.66. The molecular weight excluding hydrogens is 299 g/mol. The predicted octanol–water partition coefficient (Wildman–Crippen LogP) is 2.83. The second-order valence-corrected chi connectivity index (χ2v) is 5.36. The van der Waals surface area contributed by atoms with Gasteiger partial charge in [0.2, 0.25) is 5.91 Å². The molecule has 20 heavy (non-hydrogen) atoms. The van der Waals surface area contributed by atoms with Crippen molar-refractivity contribution in [2.45, 2.75) is 38.3 Å². The lowest BCUT2D eigenvalue weighted by molar-refractivity contribution is -0.122. The first-order chi connectivity index (χ1) is 9.08. The van der Waals surface area contributed by atoms with Crippen LogP contribution in [0, 0.1) is 0 Å². The minimum atomic E-state index is -0.138. The van der Waals surface area contributed by atoms with Crippen molar-refractivity contribution in [3.8, 4) is 5.75 Å². The fraction of sp³-hybridized carbons (Fsp3) is 0.500. The van der Waals surface area contributed by atoms with Gasteiger partial charge >= 0.3 is 0 Å². The molecule has 1 heterocycles. The molecule has 2 atom stereocenters. The molecule has 2 rings (SSSR count). The zero-order valence-corrected chi connectivity index (χ0v) is 13.0. The van der Waals surface area contributed by atoms with Gasteiger partial charge in [-0.25, -0.2) is 0 Å². The molecule has 0 saturated heterocycles. The van der Waals surface area contributed by atoms with Crippen LogP contribution in [0.25, 0.3) is 0 Å². The van der Waals surface area contributed by atoms with Crippen molar-refractivity contribution in [1.82, 2.24) is 5.32 Å². The molecule has 0 aliphatic carbocycles. The smallest absolute Gasteiger partial charge is 0.222 e. The van der Waals surface area contributed by atoms with Crippen LogP contribution in [0.15, 0.2) is 18.2 Å². The van der Waals surface area contributed by atoms with E-state index in [4.69, 9.17) is 22.1 Å². The van der Waals surface area contributed by atoms with Gasteiger partial charge in [-0.15, -0.1) is 12.4 Å². The topological polar surface area (TPSA) is 64.4 Å². The van der Waals surface area contributed by atoms with Crippen LogP contribution in [0.1, 0.15) is 37.8 Å². The first-order valence-electron chi connectivity index (χ1n) is 6.54. The molecule has 1 aliphatic rings. The van der Waals surface area contributed by atoms with Gasteiger partial charge in [-0.3, -0.25) is 4.79 Å². The Bertz CT molecular complexity index is 466. The maximum atomic E-state index is 11.9. The summed E-state index contributed by atoms with van der Waals surface area (Å²) in [5.74, 6) is 0.653. The van der Waals surface area contributed by atoms with E-state index in [0.29, 0.717) is 23.8 Å². The number of fused-ring (bicyclic) bond motifs is 1. The van der Waals surface area contributed by atoms with Gasteiger partial charge in [0.05, 0.1) is 17.7 Å². The van der Waals surface area contributed by atoms with Crippen LogP contribution in [0.3, 0.4) is 0 Å². The predicted molar refractivity (Wildman–Crippen MR) is 82.6 cm³/mol. The summed E-state index contributed by atoms with van der Waals surface area (Å²) in [5, 5.41) is 3.60. The summed E-state index contributed by atoms with van der Waals surface area (Å²) >= 11 is 6.14. The largest absolute Gasteiger partial charge is 0.492 e. The van der Waals surface area contributed by atoms with E-state index < -0.39 is 0 Å². The molecule has 4 nitrogen and oxygen atoms in total. The highest BCUT2D eigenvalue weighted by Gasteiger charge is 2.23. The van der Waals surface area contributed by atoms with E-state index in [0.717, 1.165) is 18.4 Å². The second kappa shape index (κ2) is 7.72. The van der Waals surface area contributed by atoms with Gasteiger partial charge < -0.3 is 15.8 Å². The Morgan fingerprint density at radius 1 is 1.60 bits per heavy atom. The van der Waals surface area contributed by atoms with Crippen LogP contribution in [0.2, 0.25) is 5.02 Å². The number of nitrogens with one attached hydrogen (secondary N) is 1. The Balaban J connectivity index is 0.00000200. The number of para-hydroxylation sites is 1. The number of rotatable bonds is 3. The molecule has 1 aromatic rings. The normalized spacial score (nSPS) is 18.9. The molecule has 1 amide bonds. The number of hydrogen-bond acceptors (Lipinski definition) is 3. The molecule has 0 bridgehead atoms. The number of ether oxygens (including phenoxy) is 1. The van der Waals surface area contributed by atoms with E-state index in [9.17, 15) is 4.79 Å². The van der Waals surface area contributed by atoms with Gasteiger partial charge in [0.1, 0.15) is 5.75 Å². The number of nitrogens with two attached hydrogens (primary N) is 1. The number of carbonyl (C=O) groups is 1. The van der Waals surface area contributed by atoms with Crippen molar-refractivity contribution >= 4 is 29.9 Å². The highest BCUT2D eigenvalue weighted by molar-refractivity contribution is 6.32. The quantitative estimate of drug-likeness (QED) is 0.900. The van der Waals surface area contributed by atoms with Crippen molar-refractivity contribution < 1.29 is 9.53 Å². The van der Waals surface area contributed by atoms with Crippen LogP contribution in [0.5, 0.6) is 5.75 Å². The maximum absolute atomic E-state index is 11.9. The lowest BCUT2D eigenvalue weighted by Gasteiger charge is -2.19. The standard InChI is InChI=1S/C14H19ClN2O2.ClH/c1-9(16)8-13(18)17-12-6-3-7-19-14-10(12)4-2-5-11(14)15;/h2,4-5,9,12H,3,6-8,16H2,1H3,(H,17,18);1H. The van der Waals surface area contributed by atoms with Crippen molar-refractivity contribution in [2.24, 2.45) is 5.73 Å². The Kier molecular flexibility index (Phi) is 6.59. The first kappa shape index (κ1) is 17.1. The highest BCUT2D eigenvalue weighted by Crippen LogP contribution is 2.36. The summed E-state index contributed by atoms with van der Waals surface area (Å²) in [4.78, 5) is 11.9. The fourth-order valence-electron chi connectivity index (χ4n) is 2.26. The molecular formula is C14H20Cl2N2O2. The molecule has 1 aliphatic heterocycles. The Morgan fingerprint density at radius 2 is 2.35 bits per heavy atom. The summed E-state index contributed by atoms with van der Waals surface area (Å²) in [6.07, 6.45) is 2.05. The zero-order valence-electron chi connectivity index (χ0n) is 11.4.